The lowest BCUT2D eigenvalue weighted by Crippen LogP contribution is -2.26. The van der Waals surface area contributed by atoms with Gasteiger partial charge in [0, 0.05) is 33.6 Å². The number of aromatic nitrogens is 1. The van der Waals surface area contributed by atoms with Crippen LogP contribution in [0, 0.1) is 0 Å². The smallest absolute Gasteiger partial charge is 0.248 e. The van der Waals surface area contributed by atoms with Crippen LogP contribution >= 0.6 is 38.9 Å². The molecule has 5 nitrogen and oxygen atoms in total. The van der Waals surface area contributed by atoms with E-state index in [0.29, 0.717) is 22.3 Å². The first-order chi connectivity index (χ1) is 13.0. The highest BCUT2D eigenvalue weighted by atomic mass is 79.9. The van der Waals surface area contributed by atoms with E-state index >= 15 is 0 Å². The molecule has 0 unspecified atom stereocenters. The van der Waals surface area contributed by atoms with Gasteiger partial charge < -0.3 is 9.47 Å². The van der Waals surface area contributed by atoms with Crippen LogP contribution in [-0.2, 0) is 4.79 Å². The molecular formula is C19H16BrClN2O3S. The second-order valence-corrected chi connectivity index (χ2v) is 7.48. The first kappa shape index (κ1) is 19.7. The quantitative estimate of drug-likeness (QED) is 0.450. The number of carbonyl (C=O) groups is 1. The number of methoxy groups -OCH3 is 2. The van der Waals surface area contributed by atoms with Gasteiger partial charge in [0.05, 0.1) is 25.6 Å². The molecule has 3 aromatic rings. The predicted octanol–water partition coefficient (Wildman–Crippen LogP) is 5.49. The fraction of sp³-hybridized carbons (Fsp3) is 0.158. The monoisotopic (exact) mass is 466 g/mol. The van der Waals surface area contributed by atoms with Crippen molar-refractivity contribution in [2.45, 2.75) is 0 Å². The van der Waals surface area contributed by atoms with Gasteiger partial charge in [-0.05, 0) is 12.1 Å². The van der Waals surface area contributed by atoms with Gasteiger partial charge >= 0.3 is 0 Å². The van der Waals surface area contributed by atoms with Crippen LogP contribution in [0.4, 0.5) is 10.8 Å². The first-order valence-corrected chi connectivity index (χ1v) is 10.1. The average Bonchev–Trinajstić information content (AvgIpc) is 3.17. The minimum atomic E-state index is -0.288. The predicted molar refractivity (Wildman–Crippen MR) is 113 cm³/mol. The molecule has 0 fully saturated rings. The Kier molecular flexibility index (Phi) is 6.36. The number of benzene rings is 2. The third kappa shape index (κ3) is 4.43. The molecule has 0 saturated carbocycles. The van der Waals surface area contributed by atoms with E-state index in [1.165, 1.54) is 16.2 Å². The highest BCUT2D eigenvalue weighted by Crippen LogP contribution is 2.36. The molecule has 27 heavy (non-hydrogen) atoms. The van der Waals surface area contributed by atoms with E-state index in [-0.39, 0.29) is 11.8 Å². The zero-order valence-electron chi connectivity index (χ0n) is 14.6. The number of ether oxygens (including phenoxy) is 2. The lowest BCUT2D eigenvalue weighted by atomic mass is 10.2. The average molecular weight is 468 g/mol. The zero-order chi connectivity index (χ0) is 19.4. The summed E-state index contributed by atoms with van der Waals surface area (Å²) in [5, 5.41) is 2.43. The molecule has 0 radical (unpaired) electrons. The number of amides is 1. The summed E-state index contributed by atoms with van der Waals surface area (Å²) in [7, 11) is 3.11. The summed E-state index contributed by atoms with van der Waals surface area (Å²) < 4.78 is 11.6. The summed E-state index contributed by atoms with van der Waals surface area (Å²) in [6.45, 7) is 0. The van der Waals surface area contributed by atoms with Gasteiger partial charge in [-0.1, -0.05) is 28.1 Å². The summed E-state index contributed by atoms with van der Waals surface area (Å²) in [6.07, 6.45) is 0. The number of anilines is 2. The minimum Gasteiger partial charge on any atom is -0.497 e. The fourth-order valence-electron chi connectivity index (χ4n) is 2.46. The lowest BCUT2D eigenvalue weighted by Gasteiger charge is -2.20. The summed E-state index contributed by atoms with van der Waals surface area (Å²) in [6, 6.07) is 13.0. The van der Waals surface area contributed by atoms with Crippen molar-refractivity contribution in [2.24, 2.45) is 0 Å². The molecule has 1 aromatic heterocycles. The Balaban J connectivity index is 2.04. The van der Waals surface area contributed by atoms with Crippen LogP contribution < -0.4 is 14.4 Å². The molecule has 0 aliphatic carbocycles. The standard InChI is InChI=1S/C19H16BrClN2O3S/c1-25-15-7-14(8-16(9-15)26-2)23(18(24)10-21)19-22-17(11-27-19)12-3-5-13(20)6-4-12/h3-9,11H,10H2,1-2H3. The molecule has 0 aliphatic heterocycles. The zero-order valence-corrected chi connectivity index (χ0v) is 17.8. The number of halogens is 2. The van der Waals surface area contributed by atoms with Crippen molar-refractivity contribution in [2.75, 3.05) is 25.0 Å². The third-order valence-electron chi connectivity index (χ3n) is 3.78. The number of nitrogens with zero attached hydrogens (tertiary/aromatic N) is 2. The fourth-order valence-corrected chi connectivity index (χ4v) is 3.72. The molecule has 0 aliphatic rings. The van der Waals surface area contributed by atoms with Crippen molar-refractivity contribution in [1.29, 1.82) is 0 Å². The first-order valence-electron chi connectivity index (χ1n) is 7.89. The molecule has 140 valence electrons. The Morgan fingerprint density at radius 3 is 2.33 bits per heavy atom. The van der Waals surface area contributed by atoms with Gasteiger partial charge in [0.2, 0.25) is 5.91 Å². The van der Waals surface area contributed by atoms with Gasteiger partial charge in [0.1, 0.15) is 17.4 Å². The molecule has 8 heteroatoms. The van der Waals surface area contributed by atoms with Crippen molar-refractivity contribution in [3.8, 4) is 22.8 Å². The molecule has 1 heterocycles. The second kappa shape index (κ2) is 8.73. The van der Waals surface area contributed by atoms with Crippen LogP contribution in [0.3, 0.4) is 0 Å². The molecular weight excluding hydrogens is 452 g/mol. The van der Waals surface area contributed by atoms with Crippen molar-refractivity contribution in [3.63, 3.8) is 0 Å². The molecule has 3 rings (SSSR count). The molecule has 2 aromatic carbocycles. The molecule has 1 amide bonds. The topological polar surface area (TPSA) is 51.7 Å². The van der Waals surface area contributed by atoms with Crippen molar-refractivity contribution >= 4 is 55.6 Å². The maximum Gasteiger partial charge on any atom is 0.248 e. The van der Waals surface area contributed by atoms with E-state index in [1.807, 2.05) is 29.6 Å². The second-order valence-electron chi connectivity index (χ2n) is 5.46. The molecule has 0 spiro atoms. The van der Waals surface area contributed by atoms with Crippen LogP contribution in [0.2, 0.25) is 0 Å². The van der Waals surface area contributed by atoms with Crippen LogP contribution in [0.1, 0.15) is 0 Å². The van der Waals surface area contributed by atoms with Crippen molar-refractivity contribution in [3.05, 3.63) is 52.3 Å². The molecule has 0 saturated heterocycles. The Hall–Kier alpha value is -2.09. The van der Waals surface area contributed by atoms with E-state index < -0.39 is 0 Å². The maximum atomic E-state index is 12.6. The van der Waals surface area contributed by atoms with Crippen LogP contribution in [-0.4, -0.2) is 31.0 Å². The SMILES string of the molecule is COc1cc(OC)cc(N(C(=O)CCl)c2nc(-c3ccc(Br)cc3)cs2)c1. The van der Waals surface area contributed by atoms with Gasteiger partial charge in [-0.25, -0.2) is 4.98 Å². The number of rotatable bonds is 6. The number of alkyl halides is 1. The van der Waals surface area contributed by atoms with E-state index in [0.717, 1.165) is 15.7 Å². The van der Waals surface area contributed by atoms with Gasteiger partial charge in [0.15, 0.2) is 5.13 Å². The normalized spacial score (nSPS) is 10.5. The summed E-state index contributed by atoms with van der Waals surface area (Å²) >= 11 is 10.6. The highest BCUT2D eigenvalue weighted by molar-refractivity contribution is 9.10. The summed E-state index contributed by atoms with van der Waals surface area (Å²) in [5.41, 5.74) is 2.32. The number of carbonyl (C=O) groups excluding carboxylic acids is 1. The Labute approximate surface area is 174 Å². The van der Waals surface area contributed by atoms with Gasteiger partial charge in [-0.2, -0.15) is 0 Å². The van der Waals surface area contributed by atoms with Crippen LogP contribution in [0.5, 0.6) is 11.5 Å². The minimum absolute atomic E-state index is 0.174. The highest BCUT2D eigenvalue weighted by Gasteiger charge is 2.22. The van der Waals surface area contributed by atoms with Crippen LogP contribution in [0.15, 0.2) is 52.3 Å². The number of thiazole rings is 1. The largest absolute Gasteiger partial charge is 0.497 e. The summed E-state index contributed by atoms with van der Waals surface area (Å²) in [4.78, 5) is 18.7. The van der Waals surface area contributed by atoms with E-state index in [1.54, 1.807) is 32.4 Å². The lowest BCUT2D eigenvalue weighted by molar-refractivity contribution is -0.115. The Morgan fingerprint density at radius 2 is 1.78 bits per heavy atom. The van der Waals surface area contributed by atoms with Crippen molar-refractivity contribution in [1.82, 2.24) is 4.98 Å². The van der Waals surface area contributed by atoms with E-state index in [4.69, 9.17) is 21.1 Å². The van der Waals surface area contributed by atoms with Gasteiger partial charge in [-0.3, -0.25) is 9.69 Å². The summed E-state index contributed by atoms with van der Waals surface area (Å²) in [5.74, 6) is 0.679. The van der Waals surface area contributed by atoms with Gasteiger partial charge in [-0.15, -0.1) is 22.9 Å². The molecule has 0 bridgehead atoms. The third-order valence-corrected chi connectivity index (χ3v) is 5.36. The molecule has 0 N–H and O–H groups in total. The van der Waals surface area contributed by atoms with E-state index in [9.17, 15) is 4.79 Å². The molecule has 0 atom stereocenters. The Morgan fingerprint density at radius 1 is 1.15 bits per heavy atom. The van der Waals surface area contributed by atoms with E-state index in [2.05, 4.69) is 20.9 Å². The maximum absolute atomic E-state index is 12.6. The van der Waals surface area contributed by atoms with Gasteiger partial charge in [0.25, 0.3) is 0 Å². The Bertz CT molecular complexity index is 924. The number of hydrogen-bond acceptors (Lipinski definition) is 5. The van der Waals surface area contributed by atoms with Crippen LogP contribution in [0.25, 0.3) is 11.3 Å². The number of hydrogen-bond donors (Lipinski definition) is 0. The van der Waals surface area contributed by atoms with Crippen molar-refractivity contribution < 1.29 is 14.3 Å².